The van der Waals surface area contributed by atoms with Gasteiger partial charge in [-0.15, -0.1) is 0 Å². The molecule has 2 rings (SSSR count). The average molecular weight is 270 g/mol. The molecule has 0 unspecified atom stereocenters. The first-order chi connectivity index (χ1) is 9.75. The van der Waals surface area contributed by atoms with Crippen molar-refractivity contribution in [1.29, 1.82) is 0 Å². The van der Waals surface area contributed by atoms with Crippen molar-refractivity contribution < 1.29 is 4.79 Å². The van der Waals surface area contributed by atoms with Gasteiger partial charge in [-0.1, -0.05) is 68.9 Å². The lowest BCUT2D eigenvalue weighted by Gasteiger charge is -2.20. The zero-order valence-electron chi connectivity index (χ0n) is 12.6. The van der Waals surface area contributed by atoms with E-state index in [9.17, 15) is 4.79 Å². The van der Waals surface area contributed by atoms with Gasteiger partial charge >= 0.3 is 0 Å². The number of carbonyl (C=O) groups is 1. The number of allylic oxidation sites excluding steroid dienone is 2. The summed E-state index contributed by atoms with van der Waals surface area (Å²) in [4.78, 5) is 12.0. The molecule has 0 saturated heterocycles. The molecule has 20 heavy (non-hydrogen) atoms. The minimum Gasteiger partial charge on any atom is -0.295 e. The molecule has 1 aliphatic rings. The smallest absolute Gasteiger partial charge is 0.155 e. The molecule has 108 valence electrons. The lowest BCUT2D eigenvalue weighted by Crippen LogP contribution is -2.06. The van der Waals surface area contributed by atoms with E-state index >= 15 is 0 Å². The SMILES string of the molecule is C/C(=C\C(=O)CCCC1CCCCC1)c1ccccc1. The van der Waals surface area contributed by atoms with Gasteiger partial charge in [0, 0.05) is 6.42 Å². The van der Waals surface area contributed by atoms with Gasteiger partial charge in [0.05, 0.1) is 0 Å². The van der Waals surface area contributed by atoms with Gasteiger partial charge in [-0.05, 0) is 36.5 Å². The molecular weight excluding hydrogens is 244 g/mol. The predicted octanol–water partition coefficient (Wildman–Crippen LogP) is 5.41. The summed E-state index contributed by atoms with van der Waals surface area (Å²) in [5.74, 6) is 1.16. The van der Waals surface area contributed by atoms with E-state index in [1.165, 1.54) is 38.5 Å². The van der Waals surface area contributed by atoms with Crippen molar-refractivity contribution in [3.63, 3.8) is 0 Å². The Bertz CT molecular complexity index is 438. The van der Waals surface area contributed by atoms with Crippen LogP contribution in [0, 0.1) is 5.92 Å². The van der Waals surface area contributed by atoms with E-state index in [4.69, 9.17) is 0 Å². The minimum absolute atomic E-state index is 0.280. The van der Waals surface area contributed by atoms with Gasteiger partial charge in [-0.25, -0.2) is 0 Å². The molecule has 0 aliphatic heterocycles. The van der Waals surface area contributed by atoms with Gasteiger partial charge in [0.25, 0.3) is 0 Å². The third-order valence-electron chi connectivity index (χ3n) is 4.37. The zero-order chi connectivity index (χ0) is 14.2. The highest BCUT2D eigenvalue weighted by molar-refractivity contribution is 5.96. The zero-order valence-corrected chi connectivity index (χ0v) is 12.6. The van der Waals surface area contributed by atoms with Crippen molar-refractivity contribution in [2.24, 2.45) is 5.92 Å². The molecule has 0 N–H and O–H groups in total. The summed E-state index contributed by atoms with van der Waals surface area (Å²) in [6.07, 6.45) is 11.8. The number of ketones is 1. The van der Waals surface area contributed by atoms with E-state index in [0.717, 1.165) is 23.5 Å². The van der Waals surface area contributed by atoms with Crippen molar-refractivity contribution in [3.05, 3.63) is 42.0 Å². The summed E-state index contributed by atoms with van der Waals surface area (Å²) in [7, 11) is 0. The molecule has 1 nitrogen and oxygen atoms in total. The number of benzene rings is 1. The second-order valence-electron chi connectivity index (χ2n) is 6.06. The molecule has 0 radical (unpaired) electrons. The fourth-order valence-corrected chi connectivity index (χ4v) is 3.14. The van der Waals surface area contributed by atoms with Crippen LogP contribution >= 0.6 is 0 Å². The van der Waals surface area contributed by atoms with Gasteiger partial charge in [0.2, 0.25) is 0 Å². The van der Waals surface area contributed by atoms with Crippen molar-refractivity contribution >= 4 is 11.4 Å². The fourth-order valence-electron chi connectivity index (χ4n) is 3.14. The largest absolute Gasteiger partial charge is 0.295 e. The highest BCUT2D eigenvalue weighted by Gasteiger charge is 2.13. The highest BCUT2D eigenvalue weighted by Crippen LogP contribution is 2.27. The summed E-state index contributed by atoms with van der Waals surface area (Å²) in [6, 6.07) is 10.1. The van der Waals surface area contributed by atoms with Crippen LogP contribution in [0.4, 0.5) is 0 Å². The monoisotopic (exact) mass is 270 g/mol. The Balaban J connectivity index is 1.74. The second kappa shape index (κ2) is 8.04. The first-order valence-electron chi connectivity index (χ1n) is 8.02. The van der Waals surface area contributed by atoms with Crippen molar-refractivity contribution in [1.82, 2.24) is 0 Å². The standard InChI is InChI=1S/C19H26O/c1-16(18-12-6-3-7-13-18)15-19(20)14-8-11-17-9-4-2-5-10-17/h3,6-7,12-13,15,17H,2,4-5,8-11,14H2,1H3/b16-15+. The quantitative estimate of drug-likeness (QED) is 0.632. The molecule has 0 amide bonds. The number of hydrogen-bond donors (Lipinski definition) is 0. The van der Waals surface area contributed by atoms with Crippen LogP contribution in [-0.2, 0) is 4.79 Å². The first-order valence-corrected chi connectivity index (χ1v) is 8.02. The molecule has 1 saturated carbocycles. The van der Waals surface area contributed by atoms with E-state index in [1.54, 1.807) is 0 Å². The normalized spacial score (nSPS) is 17.1. The summed E-state index contributed by atoms with van der Waals surface area (Å²) in [6.45, 7) is 2.02. The van der Waals surface area contributed by atoms with Crippen LogP contribution in [0.2, 0.25) is 0 Å². The van der Waals surface area contributed by atoms with Gasteiger partial charge < -0.3 is 0 Å². The summed E-state index contributed by atoms with van der Waals surface area (Å²) in [5.41, 5.74) is 2.22. The van der Waals surface area contributed by atoms with Crippen LogP contribution in [0.1, 0.15) is 63.9 Å². The van der Waals surface area contributed by atoms with Crippen LogP contribution in [0.5, 0.6) is 0 Å². The van der Waals surface area contributed by atoms with Crippen LogP contribution < -0.4 is 0 Å². The maximum absolute atomic E-state index is 12.0. The summed E-state index contributed by atoms with van der Waals surface area (Å²) in [5, 5.41) is 0. The van der Waals surface area contributed by atoms with Crippen molar-refractivity contribution in [2.75, 3.05) is 0 Å². The average Bonchev–Trinajstić information content (AvgIpc) is 2.49. The summed E-state index contributed by atoms with van der Waals surface area (Å²) < 4.78 is 0. The second-order valence-corrected chi connectivity index (χ2v) is 6.06. The van der Waals surface area contributed by atoms with Crippen LogP contribution in [0.3, 0.4) is 0 Å². The minimum atomic E-state index is 0.280. The van der Waals surface area contributed by atoms with Gasteiger partial charge in [-0.3, -0.25) is 4.79 Å². The van der Waals surface area contributed by atoms with E-state index in [2.05, 4.69) is 12.1 Å². The van der Waals surface area contributed by atoms with E-state index < -0.39 is 0 Å². The number of hydrogen-bond acceptors (Lipinski definition) is 1. The molecule has 1 aromatic rings. The Labute approximate surface area is 123 Å². The molecule has 1 fully saturated rings. The van der Waals surface area contributed by atoms with E-state index in [0.29, 0.717) is 6.42 Å². The Kier molecular flexibility index (Phi) is 6.04. The molecule has 0 aromatic heterocycles. The molecule has 0 atom stereocenters. The lowest BCUT2D eigenvalue weighted by atomic mass is 9.85. The maximum Gasteiger partial charge on any atom is 0.155 e. The Morgan fingerprint density at radius 3 is 2.55 bits per heavy atom. The molecule has 1 aromatic carbocycles. The molecule has 1 heteroatoms. The summed E-state index contributed by atoms with van der Waals surface area (Å²) >= 11 is 0. The topological polar surface area (TPSA) is 17.1 Å². The lowest BCUT2D eigenvalue weighted by molar-refractivity contribution is -0.114. The van der Waals surface area contributed by atoms with Crippen molar-refractivity contribution in [3.8, 4) is 0 Å². The first kappa shape index (κ1) is 15.0. The molecule has 0 spiro atoms. The number of carbonyl (C=O) groups excluding carboxylic acids is 1. The van der Waals surface area contributed by atoms with Crippen LogP contribution in [0.25, 0.3) is 5.57 Å². The predicted molar refractivity (Wildman–Crippen MR) is 85.5 cm³/mol. The van der Waals surface area contributed by atoms with Gasteiger partial charge in [-0.2, -0.15) is 0 Å². The van der Waals surface area contributed by atoms with Crippen molar-refractivity contribution in [2.45, 2.75) is 58.3 Å². The van der Waals surface area contributed by atoms with Crippen LogP contribution in [-0.4, -0.2) is 5.78 Å². The maximum atomic E-state index is 12.0. The van der Waals surface area contributed by atoms with Gasteiger partial charge in [0.15, 0.2) is 5.78 Å². The Morgan fingerprint density at radius 1 is 1.15 bits per heavy atom. The highest BCUT2D eigenvalue weighted by atomic mass is 16.1. The Morgan fingerprint density at radius 2 is 1.85 bits per heavy atom. The molecule has 0 bridgehead atoms. The van der Waals surface area contributed by atoms with E-state index in [1.807, 2.05) is 31.2 Å². The molecular formula is C19H26O. The molecule has 0 heterocycles. The third kappa shape index (κ3) is 4.96. The van der Waals surface area contributed by atoms with Crippen LogP contribution in [0.15, 0.2) is 36.4 Å². The van der Waals surface area contributed by atoms with E-state index in [-0.39, 0.29) is 5.78 Å². The third-order valence-corrected chi connectivity index (χ3v) is 4.37. The Hall–Kier alpha value is -1.37. The fraction of sp³-hybridized carbons (Fsp3) is 0.526. The molecule has 1 aliphatic carbocycles. The number of rotatable bonds is 6. The van der Waals surface area contributed by atoms with Gasteiger partial charge in [0.1, 0.15) is 0 Å².